The van der Waals surface area contributed by atoms with E-state index in [1.165, 1.54) is 16.5 Å². The fourth-order valence-electron chi connectivity index (χ4n) is 5.45. The number of nitrogens with zero attached hydrogens (tertiary/aromatic N) is 2. The lowest BCUT2D eigenvalue weighted by atomic mass is 9.84. The number of fused-ring (bicyclic) bond motifs is 7. The van der Waals surface area contributed by atoms with E-state index in [2.05, 4.69) is 29.2 Å². The van der Waals surface area contributed by atoms with Crippen molar-refractivity contribution in [3.8, 4) is 17.2 Å². The third-order valence-corrected chi connectivity index (χ3v) is 7.11. The predicted octanol–water partition coefficient (Wildman–Crippen LogP) is 5.00. The maximum Gasteiger partial charge on any atom is 0.410 e. The number of piperazine rings is 1. The zero-order valence-corrected chi connectivity index (χ0v) is 21.4. The lowest BCUT2D eigenvalue weighted by Gasteiger charge is -2.45. The summed E-state index contributed by atoms with van der Waals surface area (Å²) in [6.07, 6.45) is 0.618. The summed E-state index contributed by atoms with van der Waals surface area (Å²) in [5, 5.41) is 4.65. The molecule has 5 rings (SSSR count). The van der Waals surface area contributed by atoms with Crippen molar-refractivity contribution in [1.82, 2.24) is 9.80 Å². The molecule has 1 saturated heterocycles. The van der Waals surface area contributed by atoms with E-state index < -0.39 is 5.60 Å². The zero-order valence-electron chi connectivity index (χ0n) is 21.4. The van der Waals surface area contributed by atoms with Gasteiger partial charge in [-0.05, 0) is 84.1 Å². The molecule has 0 saturated carbocycles. The molecule has 2 aliphatic heterocycles. The third kappa shape index (κ3) is 4.22. The van der Waals surface area contributed by atoms with Crippen LogP contribution in [-0.4, -0.2) is 68.5 Å². The van der Waals surface area contributed by atoms with Crippen LogP contribution in [0, 0.1) is 0 Å². The summed E-state index contributed by atoms with van der Waals surface area (Å²) in [5.41, 5.74) is 2.15. The van der Waals surface area contributed by atoms with Crippen molar-refractivity contribution < 1.29 is 23.7 Å². The minimum Gasteiger partial charge on any atom is -0.497 e. The molecule has 3 aromatic carbocycles. The fourth-order valence-corrected chi connectivity index (χ4v) is 5.45. The van der Waals surface area contributed by atoms with Crippen LogP contribution in [0.2, 0.25) is 0 Å². The molecular weight excluding hydrogens is 444 g/mol. The van der Waals surface area contributed by atoms with Crippen molar-refractivity contribution in [3.63, 3.8) is 0 Å². The van der Waals surface area contributed by atoms with E-state index in [0.717, 1.165) is 41.4 Å². The number of carbonyl (C=O) groups is 1. The molecule has 1 atom stereocenters. The molecule has 1 fully saturated rings. The quantitative estimate of drug-likeness (QED) is 0.494. The molecule has 2 heterocycles. The molecule has 0 N–H and O–H groups in total. The summed E-state index contributed by atoms with van der Waals surface area (Å²) < 4.78 is 22.5. The van der Waals surface area contributed by atoms with Gasteiger partial charge in [0.25, 0.3) is 0 Å². The molecule has 7 nitrogen and oxygen atoms in total. The number of methoxy groups -OCH3 is 3. The van der Waals surface area contributed by atoms with Gasteiger partial charge in [-0.15, -0.1) is 0 Å². The van der Waals surface area contributed by atoms with Gasteiger partial charge in [0, 0.05) is 32.2 Å². The molecule has 1 amide bonds. The Bertz CT molecular complexity index is 1300. The molecule has 3 aromatic rings. The standard InChI is InChI=1S/C28H34N2O5/c1-28(2,3)35-27(31)30-10-9-29-16-24-19-8-7-18(32-4)12-21(19)23-14-26(34-6)25(33-5)13-22(23)20(24)11-17(29)15-30/h7-8,12-14,17H,9-11,15-16H2,1-6H3/t17-/m0/s1. The van der Waals surface area contributed by atoms with Gasteiger partial charge in [0.15, 0.2) is 11.5 Å². The lowest BCUT2D eigenvalue weighted by Crippen LogP contribution is -2.57. The van der Waals surface area contributed by atoms with Gasteiger partial charge < -0.3 is 23.8 Å². The molecule has 2 aliphatic rings. The second kappa shape index (κ2) is 8.79. The minimum absolute atomic E-state index is 0.232. The van der Waals surface area contributed by atoms with Crippen LogP contribution >= 0.6 is 0 Å². The molecule has 0 aromatic heterocycles. The first kappa shape index (κ1) is 23.5. The average molecular weight is 479 g/mol. The first-order chi connectivity index (χ1) is 16.7. The van der Waals surface area contributed by atoms with E-state index in [9.17, 15) is 4.79 Å². The van der Waals surface area contributed by atoms with Crippen molar-refractivity contribution in [2.75, 3.05) is 41.0 Å². The molecule has 0 spiro atoms. The molecule has 186 valence electrons. The Balaban J connectivity index is 1.62. The summed E-state index contributed by atoms with van der Waals surface area (Å²) in [6.45, 7) is 8.72. The van der Waals surface area contributed by atoms with Crippen LogP contribution in [0.5, 0.6) is 17.2 Å². The van der Waals surface area contributed by atoms with E-state index in [-0.39, 0.29) is 12.1 Å². The Labute approximate surface area is 206 Å². The first-order valence-electron chi connectivity index (χ1n) is 12.1. The molecular formula is C28H34N2O5. The van der Waals surface area contributed by atoms with Crippen LogP contribution in [-0.2, 0) is 17.7 Å². The summed E-state index contributed by atoms with van der Waals surface area (Å²) in [6, 6.07) is 10.7. The van der Waals surface area contributed by atoms with Crippen LogP contribution < -0.4 is 14.2 Å². The number of amides is 1. The Kier molecular flexibility index (Phi) is 5.91. The summed E-state index contributed by atoms with van der Waals surface area (Å²) >= 11 is 0. The SMILES string of the molecule is COc1ccc2c3c(c4cc(OC)c(OC)cc4c2c1)C[C@H]1CN(C(=O)OC(C)(C)C)CCN1C3. The topological polar surface area (TPSA) is 60.5 Å². The van der Waals surface area contributed by atoms with E-state index >= 15 is 0 Å². The lowest BCUT2D eigenvalue weighted by molar-refractivity contribution is 0.000767. The maximum absolute atomic E-state index is 12.8. The Morgan fingerprint density at radius 2 is 1.54 bits per heavy atom. The maximum atomic E-state index is 12.8. The molecule has 7 heteroatoms. The fraction of sp³-hybridized carbons (Fsp3) is 0.464. The highest BCUT2D eigenvalue weighted by atomic mass is 16.6. The van der Waals surface area contributed by atoms with Crippen LogP contribution in [0.1, 0.15) is 31.9 Å². The van der Waals surface area contributed by atoms with Gasteiger partial charge in [0.2, 0.25) is 0 Å². The highest BCUT2D eigenvalue weighted by molar-refractivity contribution is 6.12. The number of hydrogen-bond acceptors (Lipinski definition) is 6. The largest absolute Gasteiger partial charge is 0.497 e. The van der Waals surface area contributed by atoms with Crippen LogP contribution in [0.25, 0.3) is 21.5 Å². The van der Waals surface area contributed by atoms with Crippen molar-refractivity contribution in [1.29, 1.82) is 0 Å². The molecule has 0 bridgehead atoms. The molecule has 35 heavy (non-hydrogen) atoms. The highest BCUT2D eigenvalue weighted by Gasteiger charge is 2.36. The number of benzene rings is 3. The average Bonchev–Trinajstić information content (AvgIpc) is 2.85. The first-order valence-corrected chi connectivity index (χ1v) is 12.1. The summed E-state index contributed by atoms with van der Waals surface area (Å²) in [4.78, 5) is 17.1. The summed E-state index contributed by atoms with van der Waals surface area (Å²) in [7, 11) is 5.03. The second-order valence-electron chi connectivity index (χ2n) is 10.4. The van der Waals surface area contributed by atoms with Gasteiger partial charge in [0.1, 0.15) is 11.4 Å². The third-order valence-electron chi connectivity index (χ3n) is 7.11. The number of carbonyl (C=O) groups excluding carboxylic acids is 1. The molecule has 0 unspecified atom stereocenters. The smallest absolute Gasteiger partial charge is 0.410 e. The Morgan fingerprint density at radius 3 is 2.20 bits per heavy atom. The van der Waals surface area contributed by atoms with E-state index in [0.29, 0.717) is 24.6 Å². The number of rotatable bonds is 3. The van der Waals surface area contributed by atoms with E-state index in [1.807, 2.05) is 31.7 Å². The Hall–Kier alpha value is -3.19. The molecule has 0 radical (unpaired) electrons. The zero-order chi connectivity index (χ0) is 24.9. The predicted molar refractivity (Wildman–Crippen MR) is 137 cm³/mol. The van der Waals surface area contributed by atoms with Gasteiger partial charge in [0.05, 0.1) is 21.3 Å². The molecule has 0 aliphatic carbocycles. The number of hydrogen-bond donors (Lipinski definition) is 0. The monoisotopic (exact) mass is 478 g/mol. The van der Waals surface area contributed by atoms with Gasteiger partial charge in [-0.25, -0.2) is 4.79 Å². The highest BCUT2D eigenvalue weighted by Crippen LogP contribution is 2.43. The summed E-state index contributed by atoms with van der Waals surface area (Å²) in [5.74, 6) is 2.24. The van der Waals surface area contributed by atoms with E-state index in [4.69, 9.17) is 18.9 Å². The van der Waals surface area contributed by atoms with Crippen molar-refractivity contribution >= 4 is 27.6 Å². The van der Waals surface area contributed by atoms with Crippen LogP contribution in [0.3, 0.4) is 0 Å². The second-order valence-corrected chi connectivity index (χ2v) is 10.4. The van der Waals surface area contributed by atoms with E-state index in [1.54, 1.807) is 21.3 Å². The van der Waals surface area contributed by atoms with Gasteiger partial charge in [-0.2, -0.15) is 0 Å². The van der Waals surface area contributed by atoms with Crippen LogP contribution in [0.15, 0.2) is 30.3 Å². The number of ether oxygens (including phenoxy) is 4. The van der Waals surface area contributed by atoms with Crippen molar-refractivity contribution in [3.05, 3.63) is 41.5 Å². The van der Waals surface area contributed by atoms with Gasteiger partial charge >= 0.3 is 6.09 Å². The Morgan fingerprint density at radius 1 is 0.857 bits per heavy atom. The van der Waals surface area contributed by atoms with Gasteiger partial charge in [-0.1, -0.05) is 6.07 Å². The minimum atomic E-state index is -0.501. The van der Waals surface area contributed by atoms with Crippen molar-refractivity contribution in [2.45, 2.75) is 45.4 Å². The van der Waals surface area contributed by atoms with Gasteiger partial charge in [-0.3, -0.25) is 4.90 Å². The van der Waals surface area contributed by atoms with Crippen molar-refractivity contribution in [2.24, 2.45) is 0 Å². The normalized spacial score (nSPS) is 18.2. The van der Waals surface area contributed by atoms with Crippen LogP contribution in [0.4, 0.5) is 4.79 Å².